The van der Waals surface area contributed by atoms with Gasteiger partial charge in [0.05, 0.1) is 7.05 Å². The van der Waals surface area contributed by atoms with E-state index < -0.39 is 0 Å². The second-order valence-electron chi connectivity index (χ2n) is 3.51. The van der Waals surface area contributed by atoms with E-state index in [-0.39, 0.29) is 11.9 Å². The number of nitrogens with one attached hydrogen (secondary N) is 2. The Morgan fingerprint density at radius 3 is 2.80 bits per heavy atom. The van der Waals surface area contributed by atoms with Gasteiger partial charge < -0.3 is 5.32 Å². The van der Waals surface area contributed by atoms with E-state index in [2.05, 4.69) is 26.0 Å². The highest BCUT2D eigenvalue weighted by molar-refractivity contribution is 5.88. The Kier molecular flexibility index (Phi) is 4.17. The van der Waals surface area contributed by atoms with Crippen LogP contribution in [-0.4, -0.2) is 38.7 Å². The van der Waals surface area contributed by atoms with Crippen molar-refractivity contribution in [3.8, 4) is 0 Å². The Morgan fingerprint density at radius 1 is 1.53 bits per heavy atom. The van der Waals surface area contributed by atoms with Crippen molar-refractivity contribution in [3.05, 3.63) is 0 Å². The maximum atomic E-state index is 11.3. The number of hydrogen-bond acceptors (Lipinski definition) is 5. The van der Waals surface area contributed by atoms with Gasteiger partial charge in [-0.1, -0.05) is 18.9 Å². The summed E-state index contributed by atoms with van der Waals surface area (Å²) in [5.41, 5.74) is 0. The van der Waals surface area contributed by atoms with Gasteiger partial charge in [0.25, 0.3) is 5.95 Å². The number of carbonyl (C=O) groups is 1. The molecule has 0 atom stereocenters. The summed E-state index contributed by atoms with van der Waals surface area (Å²) in [6.45, 7) is 4.70. The third-order valence-corrected chi connectivity index (χ3v) is 1.66. The topological polar surface area (TPSA) is 84.7 Å². The van der Waals surface area contributed by atoms with Gasteiger partial charge in [0.2, 0.25) is 5.91 Å². The summed E-state index contributed by atoms with van der Waals surface area (Å²) < 4.78 is 0. The zero-order chi connectivity index (χ0) is 11.3. The molecule has 0 saturated carbocycles. The normalized spacial score (nSPS) is 10.7. The summed E-state index contributed by atoms with van der Waals surface area (Å²) in [6.07, 6.45) is 0.399. The molecule has 7 nitrogen and oxygen atoms in total. The fourth-order valence-electron chi connectivity index (χ4n) is 0.996. The Balaban J connectivity index is 2.24. The van der Waals surface area contributed by atoms with E-state index in [1.54, 1.807) is 7.05 Å². The van der Waals surface area contributed by atoms with E-state index in [0.717, 1.165) is 0 Å². The molecule has 1 aromatic heterocycles. The van der Waals surface area contributed by atoms with Crippen molar-refractivity contribution in [2.75, 3.05) is 11.9 Å². The monoisotopic (exact) mass is 212 g/mol. The van der Waals surface area contributed by atoms with Crippen LogP contribution >= 0.6 is 0 Å². The maximum absolute atomic E-state index is 11.3. The number of aryl methyl sites for hydroxylation is 1. The summed E-state index contributed by atoms with van der Waals surface area (Å²) in [5.74, 6) is 0.128. The van der Waals surface area contributed by atoms with Crippen molar-refractivity contribution in [2.45, 2.75) is 26.3 Å². The number of aromatic nitrogens is 4. The number of tetrazole rings is 1. The van der Waals surface area contributed by atoms with Crippen LogP contribution < -0.4 is 10.6 Å². The molecular weight excluding hydrogens is 196 g/mol. The van der Waals surface area contributed by atoms with Gasteiger partial charge in [-0.05, 0) is 5.21 Å². The second kappa shape index (κ2) is 5.40. The van der Waals surface area contributed by atoms with E-state index in [0.29, 0.717) is 19.0 Å². The molecule has 15 heavy (non-hydrogen) atoms. The first-order chi connectivity index (χ1) is 7.08. The van der Waals surface area contributed by atoms with Crippen LogP contribution in [0.2, 0.25) is 0 Å². The lowest BCUT2D eigenvalue weighted by Gasteiger charge is -2.06. The zero-order valence-corrected chi connectivity index (χ0v) is 9.19. The van der Waals surface area contributed by atoms with E-state index in [1.165, 1.54) is 4.80 Å². The lowest BCUT2D eigenvalue weighted by Crippen LogP contribution is -2.27. The van der Waals surface area contributed by atoms with Crippen molar-refractivity contribution in [2.24, 2.45) is 7.05 Å². The molecule has 0 aromatic carbocycles. The summed E-state index contributed by atoms with van der Waals surface area (Å²) in [6, 6.07) is 0.382. The molecule has 0 aliphatic rings. The average molecular weight is 212 g/mol. The Bertz CT molecular complexity index is 321. The summed E-state index contributed by atoms with van der Waals surface area (Å²) >= 11 is 0. The molecule has 2 N–H and O–H groups in total. The third kappa shape index (κ3) is 4.50. The van der Waals surface area contributed by atoms with Crippen molar-refractivity contribution in [3.63, 3.8) is 0 Å². The summed E-state index contributed by atoms with van der Waals surface area (Å²) in [5, 5.41) is 16.8. The first-order valence-corrected chi connectivity index (χ1v) is 4.85. The number of hydrogen-bond donors (Lipinski definition) is 2. The first kappa shape index (κ1) is 11.6. The number of rotatable bonds is 5. The Morgan fingerprint density at radius 2 is 2.27 bits per heavy atom. The molecule has 1 amide bonds. The highest BCUT2D eigenvalue weighted by atomic mass is 16.1. The minimum Gasteiger partial charge on any atom is -0.314 e. The third-order valence-electron chi connectivity index (χ3n) is 1.66. The molecule has 0 radical (unpaired) electrons. The Labute approximate surface area is 88.2 Å². The van der Waals surface area contributed by atoms with Crippen molar-refractivity contribution in [1.82, 2.24) is 25.5 Å². The van der Waals surface area contributed by atoms with Gasteiger partial charge in [-0.2, -0.15) is 4.80 Å². The van der Waals surface area contributed by atoms with Gasteiger partial charge in [0.1, 0.15) is 0 Å². The van der Waals surface area contributed by atoms with Crippen LogP contribution in [0.25, 0.3) is 0 Å². The maximum Gasteiger partial charge on any atom is 0.270 e. The van der Waals surface area contributed by atoms with E-state index >= 15 is 0 Å². The fraction of sp³-hybridized carbons (Fsp3) is 0.750. The number of carbonyl (C=O) groups excluding carboxylic acids is 1. The summed E-state index contributed by atoms with van der Waals surface area (Å²) in [4.78, 5) is 12.6. The smallest absolute Gasteiger partial charge is 0.270 e. The number of amides is 1. The van der Waals surface area contributed by atoms with Gasteiger partial charge >= 0.3 is 0 Å². The molecule has 7 heteroatoms. The molecule has 84 valence electrons. The van der Waals surface area contributed by atoms with Crippen LogP contribution in [-0.2, 0) is 11.8 Å². The zero-order valence-electron chi connectivity index (χ0n) is 9.19. The van der Waals surface area contributed by atoms with Gasteiger partial charge in [-0.25, -0.2) is 0 Å². The van der Waals surface area contributed by atoms with Crippen LogP contribution in [0.3, 0.4) is 0 Å². The molecule has 0 saturated heterocycles. The van der Waals surface area contributed by atoms with Crippen LogP contribution in [0, 0.1) is 0 Å². The van der Waals surface area contributed by atoms with E-state index in [1.807, 2.05) is 13.8 Å². The van der Waals surface area contributed by atoms with Gasteiger partial charge in [0, 0.05) is 19.0 Å². The Hall–Kier alpha value is -1.50. The van der Waals surface area contributed by atoms with Crippen molar-refractivity contribution >= 4 is 11.9 Å². The predicted molar refractivity (Wildman–Crippen MR) is 55.2 cm³/mol. The summed E-state index contributed by atoms with van der Waals surface area (Å²) in [7, 11) is 1.64. The molecule has 0 fully saturated rings. The largest absolute Gasteiger partial charge is 0.314 e. The molecule has 1 heterocycles. The fourth-order valence-corrected chi connectivity index (χ4v) is 0.996. The van der Waals surface area contributed by atoms with Crippen LogP contribution in [0.4, 0.5) is 5.95 Å². The molecular formula is C8H16N6O. The number of anilines is 1. The molecule has 0 aliphatic carbocycles. The minimum atomic E-state index is -0.115. The van der Waals surface area contributed by atoms with Crippen molar-refractivity contribution < 1.29 is 4.79 Å². The minimum absolute atomic E-state index is 0.115. The first-order valence-electron chi connectivity index (χ1n) is 4.85. The number of nitrogens with zero attached hydrogens (tertiary/aromatic N) is 4. The molecule has 0 bridgehead atoms. The highest BCUT2D eigenvalue weighted by Crippen LogP contribution is 1.93. The molecule has 0 unspecified atom stereocenters. The van der Waals surface area contributed by atoms with Crippen LogP contribution in [0.5, 0.6) is 0 Å². The van der Waals surface area contributed by atoms with E-state index in [9.17, 15) is 4.79 Å². The lowest BCUT2D eigenvalue weighted by atomic mass is 10.3. The van der Waals surface area contributed by atoms with Gasteiger partial charge in [0.15, 0.2) is 0 Å². The second-order valence-corrected chi connectivity index (χ2v) is 3.51. The molecule has 1 aromatic rings. The van der Waals surface area contributed by atoms with Crippen LogP contribution in [0.15, 0.2) is 0 Å². The average Bonchev–Trinajstić information content (AvgIpc) is 2.50. The molecule has 1 rings (SSSR count). The quantitative estimate of drug-likeness (QED) is 0.689. The van der Waals surface area contributed by atoms with Gasteiger partial charge in [-0.3, -0.25) is 10.1 Å². The standard InChI is InChI=1S/C8H16N6O/c1-6(2)9-5-4-7(15)10-8-11-13-14(3)12-8/h6,9H,4-5H2,1-3H3,(H,10,12,15). The van der Waals surface area contributed by atoms with Gasteiger partial charge in [-0.15, -0.1) is 5.10 Å². The van der Waals surface area contributed by atoms with Crippen LogP contribution in [0.1, 0.15) is 20.3 Å². The van der Waals surface area contributed by atoms with E-state index in [4.69, 9.17) is 0 Å². The SMILES string of the molecule is CC(C)NCCC(=O)Nc1nnn(C)n1. The molecule has 0 spiro atoms. The van der Waals surface area contributed by atoms with Crippen molar-refractivity contribution in [1.29, 1.82) is 0 Å². The molecule has 0 aliphatic heterocycles. The predicted octanol–water partition coefficient (Wildman–Crippen LogP) is -0.463. The lowest BCUT2D eigenvalue weighted by molar-refractivity contribution is -0.116. The highest BCUT2D eigenvalue weighted by Gasteiger charge is 2.05.